The average molecular weight is 274 g/mol. The maximum absolute atomic E-state index is 5.80. The lowest BCUT2D eigenvalue weighted by molar-refractivity contribution is 0.128. The van der Waals surface area contributed by atoms with E-state index in [0.29, 0.717) is 12.1 Å². The molecule has 3 nitrogen and oxygen atoms in total. The molecule has 2 aliphatic rings. The SMILES string of the molecule is CCN(CC1CCCCN1)C1CCOc2ccccc21. The second-order valence-electron chi connectivity index (χ2n) is 5.93. The van der Waals surface area contributed by atoms with Gasteiger partial charge < -0.3 is 10.1 Å². The van der Waals surface area contributed by atoms with Gasteiger partial charge in [0.1, 0.15) is 5.75 Å². The molecule has 0 amide bonds. The van der Waals surface area contributed by atoms with E-state index in [4.69, 9.17) is 4.74 Å². The van der Waals surface area contributed by atoms with Crippen LogP contribution in [0.4, 0.5) is 0 Å². The molecule has 1 N–H and O–H groups in total. The maximum Gasteiger partial charge on any atom is 0.124 e. The summed E-state index contributed by atoms with van der Waals surface area (Å²) in [5.41, 5.74) is 1.37. The van der Waals surface area contributed by atoms with Crippen LogP contribution in [0.2, 0.25) is 0 Å². The van der Waals surface area contributed by atoms with Crippen molar-refractivity contribution >= 4 is 0 Å². The Bertz CT molecular complexity index is 429. The van der Waals surface area contributed by atoms with Crippen LogP contribution in [0.3, 0.4) is 0 Å². The van der Waals surface area contributed by atoms with Gasteiger partial charge in [0.25, 0.3) is 0 Å². The first-order valence-corrected chi connectivity index (χ1v) is 8.07. The fourth-order valence-electron chi connectivity index (χ4n) is 3.54. The number of nitrogens with one attached hydrogen (secondary N) is 1. The number of rotatable bonds is 4. The largest absolute Gasteiger partial charge is 0.493 e. The van der Waals surface area contributed by atoms with Gasteiger partial charge in [-0.25, -0.2) is 0 Å². The van der Waals surface area contributed by atoms with E-state index >= 15 is 0 Å². The van der Waals surface area contributed by atoms with E-state index in [0.717, 1.165) is 31.9 Å². The van der Waals surface area contributed by atoms with Crippen LogP contribution in [0.25, 0.3) is 0 Å². The number of benzene rings is 1. The molecule has 2 unspecified atom stereocenters. The average Bonchev–Trinajstić information content (AvgIpc) is 2.53. The molecular formula is C17H26N2O. The minimum absolute atomic E-state index is 0.522. The first kappa shape index (κ1) is 13.9. The molecule has 1 aromatic rings. The van der Waals surface area contributed by atoms with Crippen LogP contribution in [0.1, 0.15) is 44.2 Å². The number of hydrogen-bond donors (Lipinski definition) is 1. The van der Waals surface area contributed by atoms with Crippen LogP contribution in [-0.2, 0) is 0 Å². The summed E-state index contributed by atoms with van der Waals surface area (Å²) in [6.45, 7) is 6.58. The molecule has 2 heterocycles. The summed E-state index contributed by atoms with van der Waals surface area (Å²) < 4.78 is 5.80. The van der Waals surface area contributed by atoms with E-state index in [1.807, 2.05) is 0 Å². The van der Waals surface area contributed by atoms with Gasteiger partial charge in [0.2, 0.25) is 0 Å². The number of para-hydroxylation sites is 1. The Kier molecular flexibility index (Phi) is 4.58. The predicted molar refractivity (Wildman–Crippen MR) is 82.2 cm³/mol. The zero-order valence-corrected chi connectivity index (χ0v) is 12.5. The second kappa shape index (κ2) is 6.59. The zero-order chi connectivity index (χ0) is 13.8. The van der Waals surface area contributed by atoms with Crippen molar-refractivity contribution in [2.45, 2.75) is 44.7 Å². The second-order valence-corrected chi connectivity index (χ2v) is 5.93. The van der Waals surface area contributed by atoms with E-state index in [-0.39, 0.29) is 0 Å². The van der Waals surface area contributed by atoms with Crippen LogP contribution in [-0.4, -0.2) is 37.2 Å². The molecule has 0 aromatic heterocycles. The summed E-state index contributed by atoms with van der Waals surface area (Å²) in [6, 6.07) is 9.73. The topological polar surface area (TPSA) is 24.5 Å². The molecule has 0 spiro atoms. The van der Waals surface area contributed by atoms with E-state index in [9.17, 15) is 0 Å². The Hall–Kier alpha value is -1.06. The summed E-state index contributed by atoms with van der Waals surface area (Å²) in [4.78, 5) is 2.63. The van der Waals surface area contributed by atoms with Gasteiger partial charge >= 0.3 is 0 Å². The lowest BCUT2D eigenvalue weighted by atomic mass is 9.97. The van der Waals surface area contributed by atoms with Gasteiger partial charge in [0.15, 0.2) is 0 Å². The highest BCUT2D eigenvalue weighted by atomic mass is 16.5. The van der Waals surface area contributed by atoms with Crippen molar-refractivity contribution in [1.29, 1.82) is 0 Å². The van der Waals surface area contributed by atoms with Crippen molar-refractivity contribution in [2.75, 3.05) is 26.2 Å². The number of hydrogen-bond acceptors (Lipinski definition) is 3. The van der Waals surface area contributed by atoms with Gasteiger partial charge in [-0.05, 0) is 32.0 Å². The van der Waals surface area contributed by atoms with Crippen molar-refractivity contribution in [3.8, 4) is 5.75 Å². The quantitative estimate of drug-likeness (QED) is 0.913. The van der Waals surface area contributed by atoms with Gasteiger partial charge in [0, 0.05) is 30.6 Å². The summed E-state index contributed by atoms with van der Waals surface area (Å²) >= 11 is 0. The molecular weight excluding hydrogens is 248 g/mol. The molecule has 2 aliphatic heterocycles. The number of nitrogens with zero attached hydrogens (tertiary/aromatic N) is 1. The molecule has 0 bridgehead atoms. The highest BCUT2D eigenvalue weighted by Crippen LogP contribution is 2.35. The first-order valence-electron chi connectivity index (χ1n) is 8.07. The van der Waals surface area contributed by atoms with Gasteiger partial charge in [-0.3, -0.25) is 4.90 Å². The fraction of sp³-hybridized carbons (Fsp3) is 0.647. The molecule has 2 atom stereocenters. The molecule has 20 heavy (non-hydrogen) atoms. The molecule has 1 fully saturated rings. The van der Waals surface area contributed by atoms with Crippen molar-refractivity contribution in [3.05, 3.63) is 29.8 Å². The number of ether oxygens (including phenoxy) is 1. The predicted octanol–water partition coefficient (Wildman–Crippen LogP) is 2.97. The summed E-state index contributed by atoms with van der Waals surface area (Å²) in [5, 5.41) is 3.67. The Labute approximate surface area is 122 Å². The maximum atomic E-state index is 5.80. The molecule has 0 aliphatic carbocycles. The Morgan fingerprint density at radius 1 is 1.25 bits per heavy atom. The Morgan fingerprint density at radius 2 is 2.15 bits per heavy atom. The third-order valence-electron chi connectivity index (χ3n) is 4.64. The highest BCUT2D eigenvalue weighted by molar-refractivity contribution is 5.37. The Morgan fingerprint density at radius 3 is 2.95 bits per heavy atom. The summed E-state index contributed by atoms with van der Waals surface area (Å²) in [5.74, 6) is 1.08. The van der Waals surface area contributed by atoms with Crippen molar-refractivity contribution < 1.29 is 4.74 Å². The standard InChI is InChI=1S/C17H26N2O/c1-2-19(13-14-7-5-6-11-18-14)16-10-12-20-17-9-4-3-8-15(16)17/h3-4,8-9,14,16,18H,2,5-7,10-13H2,1H3. The van der Waals surface area contributed by atoms with Crippen molar-refractivity contribution in [2.24, 2.45) is 0 Å². The minimum Gasteiger partial charge on any atom is -0.493 e. The third kappa shape index (κ3) is 2.99. The zero-order valence-electron chi connectivity index (χ0n) is 12.5. The molecule has 1 aromatic carbocycles. The minimum atomic E-state index is 0.522. The van der Waals surface area contributed by atoms with Crippen LogP contribution in [0, 0.1) is 0 Å². The molecule has 1 saturated heterocycles. The van der Waals surface area contributed by atoms with E-state index < -0.39 is 0 Å². The molecule has 0 saturated carbocycles. The monoisotopic (exact) mass is 274 g/mol. The molecule has 110 valence electrons. The van der Waals surface area contributed by atoms with Gasteiger partial charge in [-0.1, -0.05) is 31.5 Å². The lowest BCUT2D eigenvalue weighted by Crippen LogP contribution is -2.45. The van der Waals surface area contributed by atoms with Crippen LogP contribution in [0.15, 0.2) is 24.3 Å². The summed E-state index contributed by atoms with van der Waals surface area (Å²) in [6.07, 6.45) is 5.14. The summed E-state index contributed by atoms with van der Waals surface area (Å²) in [7, 11) is 0. The molecule has 0 radical (unpaired) electrons. The highest BCUT2D eigenvalue weighted by Gasteiger charge is 2.27. The first-order chi connectivity index (χ1) is 9.88. The number of likely N-dealkylation sites (N-methyl/N-ethyl adjacent to an activating group) is 1. The van der Waals surface area contributed by atoms with Gasteiger partial charge in [0.05, 0.1) is 6.61 Å². The van der Waals surface area contributed by atoms with Gasteiger partial charge in [-0.15, -0.1) is 0 Å². The van der Waals surface area contributed by atoms with E-state index in [1.54, 1.807) is 0 Å². The van der Waals surface area contributed by atoms with Gasteiger partial charge in [-0.2, -0.15) is 0 Å². The lowest BCUT2D eigenvalue weighted by Gasteiger charge is -2.38. The Balaban J connectivity index is 1.72. The van der Waals surface area contributed by atoms with E-state index in [1.165, 1.54) is 31.4 Å². The van der Waals surface area contributed by atoms with Crippen molar-refractivity contribution in [1.82, 2.24) is 10.2 Å². The van der Waals surface area contributed by atoms with Crippen LogP contribution < -0.4 is 10.1 Å². The fourth-order valence-corrected chi connectivity index (χ4v) is 3.54. The van der Waals surface area contributed by atoms with Crippen molar-refractivity contribution in [3.63, 3.8) is 0 Å². The normalized spacial score (nSPS) is 26.1. The van der Waals surface area contributed by atoms with Crippen LogP contribution >= 0.6 is 0 Å². The smallest absolute Gasteiger partial charge is 0.124 e. The van der Waals surface area contributed by atoms with E-state index in [2.05, 4.69) is 41.4 Å². The number of piperidine rings is 1. The molecule has 3 rings (SSSR count). The molecule has 3 heteroatoms. The third-order valence-corrected chi connectivity index (χ3v) is 4.64. The van der Waals surface area contributed by atoms with Crippen LogP contribution in [0.5, 0.6) is 5.75 Å². The number of fused-ring (bicyclic) bond motifs is 1.